The molecule has 4 heteroatoms. The van der Waals surface area contributed by atoms with Crippen LogP contribution in [-0.4, -0.2) is 34.0 Å². The third kappa shape index (κ3) is 1.77. The zero-order valence-electron chi connectivity index (χ0n) is 8.61. The van der Waals surface area contributed by atoms with Crippen molar-refractivity contribution in [2.75, 3.05) is 5.75 Å². The molecular formula is C10H18N2OS. The maximum absolute atomic E-state index is 12.0. The predicted octanol–water partition coefficient (Wildman–Crippen LogP) is 1.18. The van der Waals surface area contributed by atoms with Crippen LogP contribution in [0.15, 0.2) is 0 Å². The number of amides is 1. The first kappa shape index (κ1) is 10.3. The molecule has 3 nitrogen and oxygen atoms in total. The van der Waals surface area contributed by atoms with E-state index in [4.69, 9.17) is 5.73 Å². The Balaban J connectivity index is 2.18. The summed E-state index contributed by atoms with van der Waals surface area (Å²) in [4.78, 5) is 14.0. The Morgan fingerprint density at radius 2 is 2.21 bits per heavy atom. The molecule has 0 aromatic heterocycles. The monoisotopic (exact) mass is 214 g/mol. The van der Waals surface area contributed by atoms with Crippen molar-refractivity contribution in [1.82, 2.24) is 4.90 Å². The van der Waals surface area contributed by atoms with Crippen molar-refractivity contribution in [3.63, 3.8) is 0 Å². The summed E-state index contributed by atoms with van der Waals surface area (Å²) < 4.78 is 0. The van der Waals surface area contributed by atoms with E-state index in [9.17, 15) is 4.79 Å². The summed E-state index contributed by atoms with van der Waals surface area (Å²) in [7, 11) is 0. The van der Waals surface area contributed by atoms with E-state index in [1.165, 1.54) is 6.42 Å². The molecule has 14 heavy (non-hydrogen) atoms. The van der Waals surface area contributed by atoms with Gasteiger partial charge >= 0.3 is 0 Å². The molecule has 0 bridgehead atoms. The van der Waals surface area contributed by atoms with Crippen molar-refractivity contribution in [1.29, 1.82) is 0 Å². The second kappa shape index (κ2) is 4.11. The van der Waals surface area contributed by atoms with Crippen LogP contribution < -0.4 is 5.73 Å². The zero-order valence-corrected chi connectivity index (χ0v) is 9.43. The summed E-state index contributed by atoms with van der Waals surface area (Å²) in [6.07, 6.45) is 4.37. The summed E-state index contributed by atoms with van der Waals surface area (Å²) in [6.45, 7) is 2.14. The summed E-state index contributed by atoms with van der Waals surface area (Å²) in [6, 6.07) is 0.131. The predicted molar refractivity (Wildman–Crippen MR) is 59.0 cm³/mol. The minimum Gasteiger partial charge on any atom is -0.327 e. The zero-order chi connectivity index (χ0) is 10.1. The van der Waals surface area contributed by atoms with Crippen LogP contribution in [0.3, 0.4) is 0 Å². The highest BCUT2D eigenvalue weighted by atomic mass is 32.2. The average Bonchev–Trinajstić information content (AvgIpc) is 2.29. The normalized spacial score (nSPS) is 39.1. The molecule has 0 saturated carbocycles. The van der Waals surface area contributed by atoms with Crippen LogP contribution >= 0.6 is 11.8 Å². The van der Waals surface area contributed by atoms with Gasteiger partial charge in [-0.15, -0.1) is 11.8 Å². The van der Waals surface area contributed by atoms with E-state index in [2.05, 4.69) is 6.92 Å². The van der Waals surface area contributed by atoms with Gasteiger partial charge in [-0.3, -0.25) is 4.79 Å². The topological polar surface area (TPSA) is 46.3 Å². The molecular weight excluding hydrogens is 196 g/mol. The number of nitrogens with two attached hydrogens (primary N) is 1. The van der Waals surface area contributed by atoms with E-state index in [1.807, 2.05) is 16.7 Å². The highest BCUT2D eigenvalue weighted by molar-refractivity contribution is 7.99. The number of fused-ring (bicyclic) bond motifs is 1. The van der Waals surface area contributed by atoms with Crippen molar-refractivity contribution in [2.45, 2.75) is 50.1 Å². The van der Waals surface area contributed by atoms with Gasteiger partial charge in [0.25, 0.3) is 0 Å². The molecule has 1 amide bonds. The Bertz CT molecular complexity index is 234. The molecule has 0 aliphatic carbocycles. The third-order valence-electron chi connectivity index (χ3n) is 3.17. The van der Waals surface area contributed by atoms with E-state index in [0.717, 1.165) is 25.0 Å². The SMILES string of the molecule is CC1CCCC2SCCC(N)C(=O)N12. The first-order chi connectivity index (χ1) is 6.70. The lowest BCUT2D eigenvalue weighted by atomic mass is 10.0. The van der Waals surface area contributed by atoms with E-state index < -0.39 is 0 Å². The molecule has 3 atom stereocenters. The smallest absolute Gasteiger partial charge is 0.240 e. The fourth-order valence-electron chi connectivity index (χ4n) is 2.32. The molecule has 2 fully saturated rings. The van der Waals surface area contributed by atoms with E-state index in [0.29, 0.717) is 11.4 Å². The van der Waals surface area contributed by atoms with Crippen molar-refractivity contribution in [2.24, 2.45) is 5.73 Å². The van der Waals surface area contributed by atoms with Crippen LogP contribution in [0.1, 0.15) is 32.6 Å². The standard InChI is InChI=1S/C10H18N2OS/c1-7-3-2-4-9-12(7)10(13)8(11)5-6-14-9/h7-9H,2-6,11H2,1H3. The second-order valence-corrected chi connectivity index (χ2v) is 5.53. The van der Waals surface area contributed by atoms with Crippen molar-refractivity contribution in [3.05, 3.63) is 0 Å². The fraction of sp³-hybridized carbons (Fsp3) is 0.900. The Kier molecular flexibility index (Phi) is 3.02. The van der Waals surface area contributed by atoms with Gasteiger partial charge in [0.05, 0.1) is 11.4 Å². The minimum absolute atomic E-state index is 0.173. The van der Waals surface area contributed by atoms with Crippen LogP contribution in [0.5, 0.6) is 0 Å². The van der Waals surface area contributed by atoms with Gasteiger partial charge in [-0.2, -0.15) is 0 Å². The number of nitrogens with zero attached hydrogens (tertiary/aromatic N) is 1. The highest BCUT2D eigenvalue weighted by Crippen LogP contribution is 2.33. The Morgan fingerprint density at radius 1 is 1.43 bits per heavy atom. The number of carbonyl (C=O) groups excluding carboxylic acids is 1. The molecule has 2 aliphatic rings. The van der Waals surface area contributed by atoms with E-state index in [1.54, 1.807) is 0 Å². The van der Waals surface area contributed by atoms with Gasteiger partial charge in [0.15, 0.2) is 0 Å². The molecule has 2 rings (SSSR count). The number of piperidine rings is 1. The molecule has 0 aromatic carbocycles. The molecule has 0 spiro atoms. The van der Waals surface area contributed by atoms with Gasteiger partial charge in [-0.05, 0) is 38.4 Å². The molecule has 0 radical (unpaired) electrons. The second-order valence-electron chi connectivity index (χ2n) is 4.25. The molecule has 0 aromatic rings. The number of hydrogen-bond acceptors (Lipinski definition) is 3. The molecule has 3 unspecified atom stereocenters. The highest BCUT2D eigenvalue weighted by Gasteiger charge is 2.36. The lowest BCUT2D eigenvalue weighted by Gasteiger charge is -2.39. The van der Waals surface area contributed by atoms with Crippen molar-refractivity contribution < 1.29 is 4.79 Å². The molecule has 2 saturated heterocycles. The Labute approximate surface area is 89.4 Å². The summed E-state index contributed by atoms with van der Waals surface area (Å²) >= 11 is 1.90. The van der Waals surface area contributed by atoms with Gasteiger partial charge in [-0.25, -0.2) is 0 Å². The van der Waals surface area contributed by atoms with Gasteiger partial charge in [0.2, 0.25) is 5.91 Å². The molecule has 80 valence electrons. The van der Waals surface area contributed by atoms with Crippen LogP contribution in [-0.2, 0) is 4.79 Å². The fourth-order valence-corrected chi connectivity index (χ4v) is 3.79. The largest absolute Gasteiger partial charge is 0.327 e. The lowest BCUT2D eigenvalue weighted by Crippen LogP contribution is -2.51. The van der Waals surface area contributed by atoms with Crippen LogP contribution in [0.4, 0.5) is 0 Å². The lowest BCUT2D eigenvalue weighted by molar-refractivity contribution is -0.136. The molecule has 2 aliphatic heterocycles. The maximum atomic E-state index is 12.0. The van der Waals surface area contributed by atoms with Gasteiger partial charge in [0, 0.05) is 6.04 Å². The number of carbonyl (C=O) groups is 1. The first-order valence-corrected chi connectivity index (χ1v) is 6.44. The van der Waals surface area contributed by atoms with Crippen LogP contribution in [0.2, 0.25) is 0 Å². The van der Waals surface area contributed by atoms with E-state index in [-0.39, 0.29) is 11.9 Å². The van der Waals surface area contributed by atoms with Crippen molar-refractivity contribution >= 4 is 17.7 Å². The van der Waals surface area contributed by atoms with Crippen LogP contribution in [0, 0.1) is 0 Å². The first-order valence-electron chi connectivity index (χ1n) is 5.39. The maximum Gasteiger partial charge on any atom is 0.240 e. The van der Waals surface area contributed by atoms with Crippen LogP contribution in [0.25, 0.3) is 0 Å². The van der Waals surface area contributed by atoms with Gasteiger partial charge in [0.1, 0.15) is 0 Å². The quantitative estimate of drug-likeness (QED) is 0.658. The van der Waals surface area contributed by atoms with Crippen molar-refractivity contribution in [3.8, 4) is 0 Å². The summed E-state index contributed by atoms with van der Waals surface area (Å²) in [5, 5.41) is 0.403. The number of thioether (sulfide) groups is 1. The summed E-state index contributed by atoms with van der Waals surface area (Å²) in [5.74, 6) is 1.20. The summed E-state index contributed by atoms with van der Waals surface area (Å²) in [5.41, 5.74) is 5.84. The Hall–Kier alpha value is -0.220. The van der Waals surface area contributed by atoms with Gasteiger partial charge in [-0.1, -0.05) is 0 Å². The number of rotatable bonds is 0. The molecule has 2 heterocycles. The number of hydrogen-bond donors (Lipinski definition) is 1. The minimum atomic E-state index is -0.256. The Morgan fingerprint density at radius 3 is 3.00 bits per heavy atom. The van der Waals surface area contributed by atoms with Gasteiger partial charge < -0.3 is 10.6 Å². The average molecular weight is 214 g/mol. The third-order valence-corrected chi connectivity index (χ3v) is 4.49. The van der Waals surface area contributed by atoms with E-state index >= 15 is 0 Å². The molecule has 2 N–H and O–H groups in total.